The lowest BCUT2D eigenvalue weighted by Gasteiger charge is -2.08. The van der Waals surface area contributed by atoms with E-state index in [-0.39, 0.29) is 0 Å². The van der Waals surface area contributed by atoms with Crippen molar-refractivity contribution in [1.29, 1.82) is 0 Å². The third-order valence-corrected chi connectivity index (χ3v) is 3.64. The Balaban J connectivity index is 2.27. The van der Waals surface area contributed by atoms with Crippen LogP contribution in [0, 0.1) is 13.8 Å². The van der Waals surface area contributed by atoms with Gasteiger partial charge in [-0.05, 0) is 26.0 Å². The van der Waals surface area contributed by atoms with Gasteiger partial charge in [-0.2, -0.15) is 15.3 Å². The average molecular weight is 300 g/mol. The summed E-state index contributed by atoms with van der Waals surface area (Å²) in [6.07, 6.45) is 0. The van der Waals surface area contributed by atoms with Gasteiger partial charge in [-0.3, -0.25) is 5.10 Å². The number of H-pyrrole nitrogens is 1. The highest BCUT2D eigenvalue weighted by Gasteiger charge is 2.18. The van der Waals surface area contributed by atoms with Crippen LogP contribution in [0.3, 0.4) is 0 Å². The molecule has 2 heterocycles. The first-order valence-electron chi connectivity index (χ1n) is 6.48. The van der Waals surface area contributed by atoms with Gasteiger partial charge in [0.15, 0.2) is 5.82 Å². The van der Waals surface area contributed by atoms with Crippen LogP contribution in [-0.2, 0) is 0 Å². The first kappa shape index (κ1) is 13.6. The van der Waals surface area contributed by atoms with Crippen molar-refractivity contribution < 1.29 is 0 Å². The van der Waals surface area contributed by atoms with Crippen LogP contribution in [0.15, 0.2) is 30.3 Å². The van der Waals surface area contributed by atoms with Crippen molar-refractivity contribution in [3.8, 4) is 22.4 Å². The Bertz CT molecular complexity index is 810. The van der Waals surface area contributed by atoms with Gasteiger partial charge < -0.3 is 5.73 Å². The summed E-state index contributed by atoms with van der Waals surface area (Å²) >= 11 is 6.29. The van der Waals surface area contributed by atoms with Crippen molar-refractivity contribution in [2.24, 2.45) is 0 Å². The molecular weight excluding hydrogens is 286 g/mol. The van der Waals surface area contributed by atoms with Crippen LogP contribution in [0.1, 0.15) is 11.4 Å². The van der Waals surface area contributed by atoms with Crippen LogP contribution in [-0.4, -0.2) is 20.4 Å². The lowest BCUT2D eigenvalue weighted by Crippen LogP contribution is -1.96. The van der Waals surface area contributed by atoms with Gasteiger partial charge in [-0.25, -0.2) is 0 Å². The molecule has 0 amide bonds. The van der Waals surface area contributed by atoms with Crippen LogP contribution in [0.4, 0.5) is 5.82 Å². The van der Waals surface area contributed by atoms with Gasteiger partial charge >= 0.3 is 0 Å². The molecule has 6 heteroatoms. The number of aryl methyl sites for hydroxylation is 2. The lowest BCUT2D eigenvalue weighted by atomic mass is 10.00. The second kappa shape index (κ2) is 5.18. The quantitative estimate of drug-likeness (QED) is 0.760. The molecule has 0 unspecified atom stereocenters. The van der Waals surface area contributed by atoms with Gasteiger partial charge in [0, 0.05) is 16.1 Å². The number of halogens is 1. The van der Waals surface area contributed by atoms with Gasteiger partial charge in [0.05, 0.1) is 22.6 Å². The number of nitrogens with zero attached hydrogens (tertiary/aromatic N) is 3. The zero-order chi connectivity index (χ0) is 15.0. The number of aromatic nitrogens is 4. The van der Waals surface area contributed by atoms with Crippen molar-refractivity contribution in [1.82, 2.24) is 20.4 Å². The first-order chi connectivity index (χ1) is 10.1. The van der Waals surface area contributed by atoms with E-state index in [2.05, 4.69) is 20.4 Å². The van der Waals surface area contributed by atoms with Crippen LogP contribution in [0.2, 0.25) is 5.02 Å². The molecule has 0 aliphatic carbocycles. The molecule has 3 N–H and O–H groups in total. The zero-order valence-corrected chi connectivity index (χ0v) is 12.4. The summed E-state index contributed by atoms with van der Waals surface area (Å²) < 4.78 is 0. The fraction of sp³-hybridized carbons (Fsp3) is 0.133. The summed E-state index contributed by atoms with van der Waals surface area (Å²) in [7, 11) is 0. The highest BCUT2D eigenvalue weighted by atomic mass is 35.5. The largest absolute Gasteiger partial charge is 0.382 e. The van der Waals surface area contributed by atoms with Crippen molar-refractivity contribution >= 4 is 17.4 Å². The molecule has 0 saturated carbocycles. The predicted molar refractivity (Wildman–Crippen MR) is 83.9 cm³/mol. The molecule has 0 fully saturated rings. The Morgan fingerprint density at radius 2 is 1.86 bits per heavy atom. The molecule has 0 bridgehead atoms. The van der Waals surface area contributed by atoms with Crippen molar-refractivity contribution in [2.75, 3.05) is 5.73 Å². The monoisotopic (exact) mass is 299 g/mol. The second-order valence-corrected chi connectivity index (χ2v) is 5.23. The minimum absolute atomic E-state index is 0.409. The molecule has 1 aromatic carbocycles. The smallest absolute Gasteiger partial charge is 0.153 e. The number of hydrogen-bond acceptors (Lipinski definition) is 4. The highest BCUT2D eigenvalue weighted by molar-refractivity contribution is 6.33. The minimum Gasteiger partial charge on any atom is -0.382 e. The fourth-order valence-electron chi connectivity index (χ4n) is 2.29. The molecule has 0 atom stereocenters. The summed E-state index contributed by atoms with van der Waals surface area (Å²) in [5.41, 5.74) is 11.0. The van der Waals surface area contributed by atoms with E-state index in [0.717, 1.165) is 33.8 Å². The maximum atomic E-state index is 6.29. The number of hydrogen-bond donors (Lipinski definition) is 2. The van der Waals surface area contributed by atoms with E-state index in [0.29, 0.717) is 10.8 Å². The summed E-state index contributed by atoms with van der Waals surface area (Å²) in [6.45, 7) is 3.79. The van der Waals surface area contributed by atoms with E-state index in [9.17, 15) is 0 Å². The van der Waals surface area contributed by atoms with Gasteiger partial charge in [0.25, 0.3) is 0 Å². The molecule has 21 heavy (non-hydrogen) atoms. The number of nitrogens with two attached hydrogens (primary N) is 1. The Morgan fingerprint density at radius 3 is 2.62 bits per heavy atom. The summed E-state index contributed by atoms with van der Waals surface area (Å²) in [5, 5.41) is 15.9. The van der Waals surface area contributed by atoms with E-state index in [4.69, 9.17) is 17.3 Å². The number of aromatic amines is 1. The molecule has 0 aliphatic heterocycles. The third-order valence-electron chi connectivity index (χ3n) is 3.31. The maximum absolute atomic E-state index is 6.29. The molecule has 0 saturated heterocycles. The van der Waals surface area contributed by atoms with Crippen LogP contribution in [0.5, 0.6) is 0 Å². The van der Waals surface area contributed by atoms with Crippen LogP contribution >= 0.6 is 11.6 Å². The highest BCUT2D eigenvalue weighted by Crippen LogP contribution is 2.38. The maximum Gasteiger partial charge on any atom is 0.153 e. The molecule has 2 aromatic heterocycles. The lowest BCUT2D eigenvalue weighted by molar-refractivity contribution is 0.940. The van der Waals surface area contributed by atoms with Gasteiger partial charge in [0.2, 0.25) is 0 Å². The molecule has 5 nitrogen and oxygen atoms in total. The van der Waals surface area contributed by atoms with Gasteiger partial charge in [0.1, 0.15) is 0 Å². The van der Waals surface area contributed by atoms with E-state index < -0.39 is 0 Å². The molecule has 106 valence electrons. The van der Waals surface area contributed by atoms with Crippen LogP contribution < -0.4 is 5.73 Å². The molecule has 3 rings (SSSR count). The van der Waals surface area contributed by atoms with Gasteiger partial charge in [-0.15, -0.1) is 0 Å². The third kappa shape index (κ3) is 2.36. The van der Waals surface area contributed by atoms with Gasteiger partial charge in [-0.1, -0.05) is 29.8 Å². The number of anilines is 1. The fourth-order valence-corrected chi connectivity index (χ4v) is 2.52. The molecule has 0 radical (unpaired) electrons. The first-order valence-corrected chi connectivity index (χ1v) is 6.85. The Hall–Kier alpha value is -2.40. The summed E-state index contributed by atoms with van der Waals surface area (Å²) in [5.74, 6) is 0.409. The van der Waals surface area contributed by atoms with E-state index >= 15 is 0 Å². The normalized spacial score (nSPS) is 10.8. The van der Waals surface area contributed by atoms with Crippen molar-refractivity contribution in [2.45, 2.75) is 13.8 Å². The summed E-state index contributed by atoms with van der Waals surface area (Å²) in [6, 6.07) is 9.50. The van der Waals surface area contributed by atoms with Crippen molar-refractivity contribution in [3.05, 3.63) is 46.7 Å². The number of rotatable bonds is 2. The average Bonchev–Trinajstić information content (AvgIpc) is 2.84. The summed E-state index contributed by atoms with van der Waals surface area (Å²) in [4.78, 5) is 0. The standard InChI is InChI=1S/C15H14ClN5/c1-8-7-11(9(2)19-18-8)14-13(15(17)21-20-14)10-5-3-4-6-12(10)16/h3-7H,1-2H3,(H3,17,20,21). The second-order valence-electron chi connectivity index (χ2n) is 4.82. The number of nitrogens with one attached hydrogen (secondary N) is 1. The SMILES string of the molecule is Cc1cc(-c2[nH]nc(N)c2-c2ccccc2Cl)c(C)nn1. The van der Waals surface area contributed by atoms with E-state index in [1.54, 1.807) is 0 Å². The topological polar surface area (TPSA) is 80.5 Å². The van der Waals surface area contributed by atoms with Crippen LogP contribution in [0.25, 0.3) is 22.4 Å². The Kier molecular flexibility index (Phi) is 3.35. The zero-order valence-electron chi connectivity index (χ0n) is 11.7. The van der Waals surface area contributed by atoms with E-state index in [1.807, 2.05) is 44.2 Å². The van der Waals surface area contributed by atoms with Crippen molar-refractivity contribution in [3.63, 3.8) is 0 Å². The molecule has 0 aliphatic rings. The minimum atomic E-state index is 0.409. The number of nitrogen functional groups attached to an aromatic ring is 1. The molecule has 0 spiro atoms. The molecular formula is C15H14ClN5. The Morgan fingerprint density at radius 1 is 1.10 bits per heavy atom. The Labute approximate surface area is 127 Å². The molecule has 3 aromatic rings. The number of benzene rings is 1. The van der Waals surface area contributed by atoms with E-state index in [1.165, 1.54) is 0 Å². The predicted octanol–water partition coefficient (Wildman–Crippen LogP) is 3.39.